The molecular weight excluding hydrogens is 464 g/mol. The molecule has 27 heavy (non-hydrogen) atoms. The summed E-state index contributed by atoms with van der Waals surface area (Å²) >= 11 is 2.96. The summed E-state index contributed by atoms with van der Waals surface area (Å²) in [6.07, 6.45) is -3.95. The molecule has 1 aromatic carbocycles. The number of fused-ring (bicyclic) bond motifs is 1. The molecule has 0 spiro atoms. The van der Waals surface area contributed by atoms with Gasteiger partial charge in [0, 0.05) is 27.7 Å². The van der Waals surface area contributed by atoms with Crippen molar-refractivity contribution >= 4 is 34.3 Å². The molecule has 0 saturated carbocycles. The number of benzene rings is 1. The van der Waals surface area contributed by atoms with Crippen LogP contribution in [0.3, 0.4) is 0 Å². The van der Waals surface area contributed by atoms with Gasteiger partial charge in [-0.15, -0.1) is 13.2 Å². The number of alkyl halides is 5. The zero-order valence-electron chi connectivity index (χ0n) is 14.0. The van der Waals surface area contributed by atoms with E-state index >= 15 is 0 Å². The third-order valence-electron chi connectivity index (χ3n) is 3.27. The molecule has 2 rings (SSSR count). The number of hydrogen-bond acceptors (Lipinski definition) is 5. The van der Waals surface area contributed by atoms with Gasteiger partial charge in [0.2, 0.25) is 5.88 Å². The van der Waals surface area contributed by atoms with Crippen LogP contribution in [0.2, 0.25) is 0 Å². The standard InChI is InChI=1S/C15H14BrF5NO4P/c1-3-24-27(23,25-4-2)14(17,18)11-5-9-7-13(26-15(19,20)21)22-8-10(9)6-12(11)16/h5-8H,3-4H2,1-2H3. The topological polar surface area (TPSA) is 57.7 Å². The number of ether oxygens (including phenoxy) is 1. The molecule has 0 atom stereocenters. The zero-order chi connectivity index (χ0) is 20.5. The van der Waals surface area contributed by atoms with Gasteiger partial charge in [-0.25, -0.2) is 4.98 Å². The van der Waals surface area contributed by atoms with Gasteiger partial charge < -0.3 is 13.8 Å². The molecule has 12 heteroatoms. The molecule has 0 aliphatic rings. The van der Waals surface area contributed by atoms with Crippen LogP contribution >= 0.6 is 23.5 Å². The first-order valence-corrected chi connectivity index (χ1v) is 9.89. The predicted molar refractivity (Wildman–Crippen MR) is 90.9 cm³/mol. The summed E-state index contributed by atoms with van der Waals surface area (Å²) in [6, 6.07) is 2.95. The van der Waals surface area contributed by atoms with Crippen molar-refractivity contribution in [1.82, 2.24) is 4.98 Å². The van der Waals surface area contributed by atoms with Gasteiger partial charge in [-0.3, -0.25) is 4.57 Å². The first-order chi connectivity index (χ1) is 12.4. The van der Waals surface area contributed by atoms with Crippen molar-refractivity contribution in [2.24, 2.45) is 0 Å². The molecule has 0 amide bonds. The molecule has 1 aromatic heterocycles. The van der Waals surface area contributed by atoms with Crippen LogP contribution in [0.1, 0.15) is 19.4 Å². The fourth-order valence-corrected chi connectivity index (χ4v) is 4.56. The van der Waals surface area contributed by atoms with Gasteiger partial charge in [0.25, 0.3) is 0 Å². The Morgan fingerprint density at radius 3 is 2.15 bits per heavy atom. The van der Waals surface area contributed by atoms with E-state index in [-0.39, 0.29) is 28.5 Å². The summed E-state index contributed by atoms with van der Waals surface area (Å²) in [7, 11) is -4.88. The summed E-state index contributed by atoms with van der Waals surface area (Å²) < 4.78 is 92.5. The molecule has 0 saturated heterocycles. The highest BCUT2D eigenvalue weighted by Crippen LogP contribution is 2.67. The Kier molecular flexibility index (Phi) is 6.51. The van der Waals surface area contributed by atoms with Crippen molar-refractivity contribution in [2.45, 2.75) is 25.9 Å². The molecule has 0 bridgehead atoms. The van der Waals surface area contributed by atoms with Crippen molar-refractivity contribution in [2.75, 3.05) is 13.2 Å². The van der Waals surface area contributed by atoms with Gasteiger partial charge in [0.1, 0.15) is 0 Å². The Morgan fingerprint density at radius 1 is 1.04 bits per heavy atom. The highest BCUT2D eigenvalue weighted by Gasteiger charge is 2.55. The lowest BCUT2D eigenvalue weighted by molar-refractivity contribution is -0.276. The quantitative estimate of drug-likeness (QED) is 0.350. The Labute approximate surface area is 159 Å². The highest BCUT2D eigenvalue weighted by atomic mass is 79.9. The highest BCUT2D eigenvalue weighted by molar-refractivity contribution is 9.10. The van der Waals surface area contributed by atoms with E-state index in [0.29, 0.717) is 0 Å². The molecule has 0 unspecified atom stereocenters. The molecule has 0 N–H and O–H groups in total. The van der Waals surface area contributed by atoms with Crippen LogP contribution in [0.4, 0.5) is 22.0 Å². The SMILES string of the molecule is CCOP(=O)(OCC)C(F)(F)c1cc2cc(OC(F)(F)F)ncc2cc1Br. The van der Waals surface area contributed by atoms with Crippen LogP contribution in [0.25, 0.3) is 10.8 Å². The van der Waals surface area contributed by atoms with E-state index in [4.69, 9.17) is 9.05 Å². The fourth-order valence-electron chi connectivity index (χ4n) is 2.24. The van der Waals surface area contributed by atoms with Crippen LogP contribution in [0.5, 0.6) is 5.88 Å². The Bertz CT molecular complexity index is 867. The smallest absolute Gasteiger partial charge is 0.388 e. The van der Waals surface area contributed by atoms with Crippen molar-refractivity contribution in [3.63, 3.8) is 0 Å². The van der Waals surface area contributed by atoms with Crippen LogP contribution in [-0.2, 0) is 19.3 Å². The molecule has 5 nitrogen and oxygen atoms in total. The minimum absolute atomic E-state index is 0.0262. The molecule has 0 radical (unpaired) electrons. The van der Waals surface area contributed by atoms with Gasteiger partial charge in [0.15, 0.2) is 0 Å². The van der Waals surface area contributed by atoms with Gasteiger partial charge in [-0.05, 0) is 31.4 Å². The van der Waals surface area contributed by atoms with E-state index in [1.165, 1.54) is 19.9 Å². The maximum Gasteiger partial charge on any atom is 0.574 e. The maximum atomic E-state index is 15.0. The van der Waals surface area contributed by atoms with E-state index in [1.54, 1.807) is 0 Å². The molecule has 1 heterocycles. The van der Waals surface area contributed by atoms with E-state index in [2.05, 4.69) is 25.7 Å². The number of hydrogen-bond donors (Lipinski definition) is 0. The van der Waals surface area contributed by atoms with Crippen molar-refractivity contribution in [3.05, 3.63) is 34.4 Å². The molecule has 0 aliphatic carbocycles. The van der Waals surface area contributed by atoms with Crippen LogP contribution < -0.4 is 4.74 Å². The van der Waals surface area contributed by atoms with Crippen molar-refractivity contribution in [1.29, 1.82) is 0 Å². The monoisotopic (exact) mass is 477 g/mol. The average molecular weight is 478 g/mol. The van der Waals surface area contributed by atoms with Crippen molar-refractivity contribution in [3.8, 4) is 5.88 Å². The molecule has 0 aliphatic heterocycles. The van der Waals surface area contributed by atoms with Crippen LogP contribution in [0.15, 0.2) is 28.9 Å². The number of rotatable bonds is 7. The first-order valence-electron chi connectivity index (χ1n) is 7.56. The summed E-state index contributed by atoms with van der Waals surface area (Å²) in [4.78, 5) is 3.48. The Balaban J connectivity index is 2.59. The third-order valence-corrected chi connectivity index (χ3v) is 6.05. The summed E-state index contributed by atoms with van der Waals surface area (Å²) in [5.41, 5.74) is -4.82. The average Bonchev–Trinajstić information content (AvgIpc) is 2.53. The van der Waals surface area contributed by atoms with E-state index in [0.717, 1.165) is 18.3 Å². The van der Waals surface area contributed by atoms with Crippen LogP contribution in [-0.4, -0.2) is 24.6 Å². The second-order valence-corrected chi connectivity index (χ2v) is 8.05. The molecule has 2 aromatic rings. The lowest BCUT2D eigenvalue weighted by atomic mass is 10.1. The zero-order valence-corrected chi connectivity index (χ0v) is 16.5. The minimum atomic E-state index is -4.98. The van der Waals surface area contributed by atoms with Gasteiger partial charge in [-0.2, -0.15) is 8.78 Å². The van der Waals surface area contributed by atoms with Gasteiger partial charge in [-0.1, -0.05) is 15.9 Å². The van der Waals surface area contributed by atoms with Gasteiger partial charge >= 0.3 is 19.6 Å². The summed E-state index contributed by atoms with van der Waals surface area (Å²) in [6.45, 7) is 2.18. The largest absolute Gasteiger partial charge is 0.574 e. The molecular formula is C15H14BrF5NO4P. The fraction of sp³-hybridized carbons (Fsp3) is 0.400. The normalized spacial score (nSPS) is 13.2. The summed E-state index contributed by atoms with van der Waals surface area (Å²) in [5, 5.41) is 0.236. The summed E-state index contributed by atoms with van der Waals surface area (Å²) in [5.74, 6) is -0.815. The van der Waals surface area contributed by atoms with Crippen LogP contribution in [0, 0.1) is 0 Å². The Hall–Kier alpha value is -1.29. The first kappa shape index (κ1) is 22.0. The maximum absolute atomic E-state index is 15.0. The second kappa shape index (κ2) is 7.98. The lowest BCUT2D eigenvalue weighted by Crippen LogP contribution is -2.19. The third kappa shape index (κ3) is 4.77. The lowest BCUT2D eigenvalue weighted by Gasteiger charge is -2.27. The number of halogens is 6. The predicted octanol–water partition coefficient (Wildman–Crippen LogP) is 6.21. The van der Waals surface area contributed by atoms with Gasteiger partial charge in [0.05, 0.1) is 13.2 Å². The van der Waals surface area contributed by atoms with E-state index in [1.807, 2.05) is 0 Å². The minimum Gasteiger partial charge on any atom is -0.388 e. The second-order valence-electron chi connectivity index (χ2n) is 5.12. The van der Waals surface area contributed by atoms with E-state index < -0.39 is 31.1 Å². The Morgan fingerprint density at radius 2 is 1.63 bits per heavy atom. The number of pyridine rings is 1. The van der Waals surface area contributed by atoms with E-state index in [9.17, 15) is 26.5 Å². The number of aromatic nitrogens is 1. The molecule has 0 fully saturated rings. The number of nitrogens with zero attached hydrogens (tertiary/aromatic N) is 1. The van der Waals surface area contributed by atoms with Crippen molar-refractivity contribution < 1.29 is 40.3 Å². The molecule has 150 valence electrons.